The molecule has 2 heteroatoms. The van der Waals surface area contributed by atoms with E-state index < -0.39 is 0 Å². The number of carbonyl (C=O) groups excluding carboxylic acids is 1. The second kappa shape index (κ2) is 6.85. The van der Waals surface area contributed by atoms with Gasteiger partial charge in [0.2, 0.25) is 0 Å². The molecule has 0 N–H and O–H groups in total. The van der Waals surface area contributed by atoms with Crippen molar-refractivity contribution in [1.29, 1.82) is 0 Å². The number of benzene rings is 4. The highest BCUT2D eigenvalue weighted by atomic mass is 16.5. The van der Waals surface area contributed by atoms with Crippen molar-refractivity contribution in [1.82, 2.24) is 0 Å². The molecule has 126 valence electrons. The van der Waals surface area contributed by atoms with Crippen molar-refractivity contribution in [2.24, 2.45) is 0 Å². The minimum Gasteiger partial charge on any atom is -0.497 e. The largest absolute Gasteiger partial charge is 0.497 e. The molecule has 0 bridgehead atoms. The van der Waals surface area contributed by atoms with E-state index in [0.29, 0.717) is 11.1 Å². The Kier molecular flexibility index (Phi) is 4.24. The van der Waals surface area contributed by atoms with E-state index >= 15 is 0 Å². The average Bonchev–Trinajstić information content (AvgIpc) is 2.73. The summed E-state index contributed by atoms with van der Waals surface area (Å²) in [6, 6.07) is 29.5. The Morgan fingerprint density at radius 2 is 1.27 bits per heavy atom. The first-order chi connectivity index (χ1) is 12.7. The van der Waals surface area contributed by atoms with Gasteiger partial charge in [-0.05, 0) is 40.1 Å². The number of hydrogen-bond donors (Lipinski definition) is 0. The van der Waals surface area contributed by atoms with Gasteiger partial charge in [-0.2, -0.15) is 0 Å². The maximum atomic E-state index is 12.8. The van der Waals surface area contributed by atoms with Gasteiger partial charge in [0.15, 0.2) is 5.78 Å². The van der Waals surface area contributed by atoms with Crippen LogP contribution < -0.4 is 4.74 Å². The summed E-state index contributed by atoms with van der Waals surface area (Å²) in [5.74, 6) is 0.843. The van der Waals surface area contributed by atoms with Crippen LogP contribution in [0.2, 0.25) is 0 Å². The summed E-state index contributed by atoms with van der Waals surface area (Å²) < 4.78 is 5.25. The number of fused-ring (bicyclic) bond motifs is 1. The van der Waals surface area contributed by atoms with E-state index in [9.17, 15) is 4.79 Å². The summed E-state index contributed by atoms with van der Waals surface area (Å²) in [4.78, 5) is 12.8. The molecule has 4 aromatic rings. The van der Waals surface area contributed by atoms with Crippen molar-refractivity contribution in [2.45, 2.75) is 0 Å². The van der Waals surface area contributed by atoms with E-state index in [1.54, 1.807) is 7.11 Å². The van der Waals surface area contributed by atoms with Crippen LogP contribution in [0.4, 0.5) is 0 Å². The molecule has 0 saturated carbocycles. The van der Waals surface area contributed by atoms with Crippen molar-refractivity contribution >= 4 is 16.6 Å². The third kappa shape index (κ3) is 3.09. The van der Waals surface area contributed by atoms with Crippen LogP contribution in [0, 0.1) is 0 Å². The first kappa shape index (κ1) is 16.1. The third-order valence-corrected chi connectivity index (χ3v) is 4.56. The summed E-state index contributed by atoms with van der Waals surface area (Å²) in [7, 11) is 1.65. The summed E-state index contributed by atoms with van der Waals surface area (Å²) in [6.07, 6.45) is 0. The van der Waals surface area contributed by atoms with Crippen LogP contribution in [-0.4, -0.2) is 12.9 Å². The molecule has 0 aromatic heterocycles. The summed E-state index contributed by atoms with van der Waals surface area (Å²) in [6.45, 7) is 0. The number of carbonyl (C=O) groups is 1. The van der Waals surface area contributed by atoms with E-state index in [1.165, 1.54) is 0 Å². The standard InChI is InChI=1S/C24H18O2/c1-26-23-14-13-20-15-22(12-11-21(20)16-23)24(25)19-9-7-18(8-10-19)17-5-3-2-4-6-17/h2-16H,1H3. The highest BCUT2D eigenvalue weighted by Gasteiger charge is 2.10. The Hall–Kier alpha value is -3.39. The molecule has 0 amide bonds. The number of ketones is 1. The van der Waals surface area contributed by atoms with Crippen molar-refractivity contribution in [3.8, 4) is 16.9 Å². The summed E-state index contributed by atoms with van der Waals surface area (Å²) >= 11 is 0. The van der Waals surface area contributed by atoms with Crippen LogP contribution in [0.5, 0.6) is 5.75 Å². The Morgan fingerprint density at radius 1 is 0.654 bits per heavy atom. The lowest BCUT2D eigenvalue weighted by molar-refractivity contribution is 0.103. The zero-order valence-electron chi connectivity index (χ0n) is 14.5. The van der Waals surface area contributed by atoms with Gasteiger partial charge in [0.25, 0.3) is 0 Å². The van der Waals surface area contributed by atoms with E-state index in [0.717, 1.165) is 27.6 Å². The van der Waals surface area contributed by atoms with Crippen LogP contribution in [0.3, 0.4) is 0 Å². The van der Waals surface area contributed by atoms with Gasteiger partial charge in [-0.15, -0.1) is 0 Å². The van der Waals surface area contributed by atoms with Gasteiger partial charge in [0.1, 0.15) is 5.75 Å². The molecule has 26 heavy (non-hydrogen) atoms. The first-order valence-corrected chi connectivity index (χ1v) is 8.52. The normalized spacial score (nSPS) is 10.7. The van der Waals surface area contributed by atoms with Crippen molar-refractivity contribution in [2.75, 3.05) is 7.11 Å². The first-order valence-electron chi connectivity index (χ1n) is 8.52. The van der Waals surface area contributed by atoms with Gasteiger partial charge >= 0.3 is 0 Å². The Labute approximate surface area is 152 Å². The zero-order chi connectivity index (χ0) is 17.9. The highest BCUT2D eigenvalue weighted by Crippen LogP contribution is 2.24. The lowest BCUT2D eigenvalue weighted by Crippen LogP contribution is -2.01. The smallest absolute Gasteiger partial charge is 0.193 e. The van der Waals surface area contributed by atoms with Gasteiger partial charge in [0, 0.05) is 11.1 Å². The van der Waals surface area contributed by atoms with Gasteiger partial charge < -0.3 is 4.74 Å². The quantitative estimate of drug-likeness (QED) is 0.443. The molecule has 0 aliphatic carbocycles. The summed E-state index contributed by atoms with van der Waals surface area (Å²) in [5.41, 5.74) is 3.63. The molecule has 0 saturated heterocycles. The maximum absolute atomic E-state index is 12.8. The van der Waals surface area contributed by atoms with E-state index in [4.69, 9.17) is 4.74 Å². The third-order valence-electron chi connectivity index (χ3n) is 4.56. The molecule has 4 aromatic carbocycles. The number of rotatable bonds is 4. The molecule has 2 nitrogen and oxygen atoms in total. The molecule has 4 rings (SSSR count). The average molecular weight is 338 g/mol. The molecule has 0 aliphatic rings. The molecule has 0 fully saturated rings. The van der Waals surface area contributed by atoms with Crippen LogP contribution in [0.1, 0.15) is 15.9 Å². The SMILES string of the molecule is COc1ccc2cc(C(=O)c3ccc(-c4ccccc4)cc3)ccc2c1. The predicted molar refractivity (Wildman–Crippen MR) is 106 cm³/mol. The van der Waals surface area contributed by atoms with E-state index in [-0.39, 0.29) is 5.78 Å². The lowest BCUT2D eigenvalue weighted by atomic mass is 9.97. The Morgan fingerprint density at radius 3 is 2.00 bits per heavy atom. The van der Waals surface area contributed by atoms with Crippen LogP contribution in [-0.2, 0) is 0 Å². The molecule has 0 heterocycles. The summed E-state index contributed by atoms with van der Waals surface area (Å²) in [5, 5.41) is 2.08. The molecule has 0 unspecified atom stereocenters. The molecular formula is C24H18O2. The van der Waals surface area contributed by atoms with Crippen molar-refractivity contribution in [3.05, 3.63) is 102 Å². The Bertz CT molecular complexity index is 1060. The van der Waals surface area contributed by atoms with Crippen molar-refractivity contribution in [3.63, 3.8) is 0 Å². The van der Waals surface area contributed by atoms with Crippen molar-refractivity contribution < 1.29 is 9.53 Å². The number of ether oxygens (including phenoxy) is 1. The topological polar surface area (TPSA) is 26.3 Å². The minimum atomic E-state index is 0.0299. The second-order valence-electron chi connectivity index (χ2n) is 6.20. The molecular weight excluding hydrogens is 320 g/mol. The monoisotopic (exact) mass is 338 g/mol. The van der Waals surface area contributed by atoms with Gasteiger partial charge in [0.05, 0.1) is 7.11 Å². The fourth-order valence-corrected chi connectivity index (χ4v) is 3.10. The predicted octanol–water partition coefficient (Wildman–Crippen LogP) is 5.75. The minimum absolute atomic E-state index is 0.0299. The van der Waals surface area contributed by atoms with E-state index in [2.05, 4.69) is 12.1 Å². The van der Waals surface area contributed by atoms with Gasteiger partial charge in [-0.25, -0.2) is 0 Å². The van der Waals surface area contributed by atoms with Gasteiger partial charge in [-0.1, -0.05) is 72.8 Å². The fraction of sp³-hybridized carbons (Fsp3) is 0.0417. The second-order valence-corrected chi connectivity index (χ2v) is 6.20. The van der Waals surface area contributed by atoms with Crippen LogP contribution in [0.15, 0.2) is 91.0 Å². The lowest BCUT2D eigenvalue weighted by Gasteiger charge is -2.07. The number of hydrogen-bond acceptors (Lipinski definition) is 2. The fourth-order valence-electron chi connectivity index (χ4n) is 3.10. The molecule has 0 radical (unpaired) electrons. The number of methoxy groups -OCH3 is 1. The molecule has 0 aliphatic heterocycles. The maximum Gasteiger partial charge on any atom is 0.193 e. The van der Waals surface area contributed by atoms with Crippen LogP contribution >= 0.6 is 0 Å². The zero-order valence-corrected chi connectivity index (χ0v) is 14.5. The Balaban J connectivity index is 1.64. The molecule has 0 spiro atoms. The van der Waals surface area contributed by atoms with Gasteiger partial charge in [-0.3, -0.25) is 4.79 Å². The van der Waals surface area contributed by atoms with Crippen LogP contribution in [0.25, 0.3) is 21.9 Å². The highest BCUT2D eigenvalue weighted by molar-refractivity contribution is 6.10. The van der Waals surface area contributed by atoms with E-state index in [1.807, 2.05) is 78.9 Å². The molecule has 0 atom stereocenters.